The van der Waals surface area contributed by atoms with E-state index in [9.17, 15) is 14.7 Å². The predicted octanol–water partition coefficient (Wildman–Crippen LogP) is 6.41. The van der Waals surface area contributed by atoms with Gasteiger partial charge in [-0.3, -0.25) is 4.79 Å². The summed E-state index contributed by atoms with van der Waals surface area (Å²) in [5.41, 5.74) is 3.51. The van der Waals surface area contributed by atoms with Crippen LogP contribution in [0.25, 0.3) is 0 Å². The van der Waals surface area contributed by atoms with Crippen LogP contribution in [0.5, 0.6) is 5.75 Å². The fourth-order valence-electron chi connectivity index (χ4n) is 3.88. The van der Waals surface area contributed by atoms with Gasteiger partial charge in [-0.25, -0.2) is 4.79 Å². The SMILES string of the molecule is O=C(c1ccccc1)c1ccccc1N[C@@H](Cc1ccc(OCCc2cccc(Br)c2)cc1)C(=O)O. The maximum absolute atomic E-state index is 13.0. The molecule has 0 aromatic heterocycles. The average Bonchev–Trinajstić information content (AvgIpc) is 2.90. The van der Waals surface area contributed by atoms with E-state index in [4.69, 9.17) is 4.74 Å². The van der Waals surface area contributed by atoms with Crippen molar-refractivity contribution in [2.75, 3.05) is 11.9 Å². The van der Waals surface area contributed by atoms with E-state index in [1.165, 1.54) is 5.56 Å². The Kier molecular flexibility index (Phi) is 8.53. The van der Waals surface area contributed by atoms with E-state index in [-0.39, 0.29) is 12.2 Å². The van der Waals surface area contributed by atoms with Crippen molar-refractivity contribution >= 4 is 33.4 Å². The molecule has 0 amide bonds. The van der Waals surface area contributed by atoms with Gasteiger partial charge < -0.3 is 15.2 Å². The van der Waals surface area contributed by atoms with Crippen LogP contribution in [0.4, 0.5) is 5.69 Å². The van der Waals surface area contributed by atoms with Crippen molar-refractivity contribution in [1.29, 1.82) is 0 Å². The zero-order valence-electron chi connectivity index (χ0n) is 19.6. The Hall–Kier alpha value is -3.90. The monoisotopic (exact) mass is 543 g/mol. The zero-order valence-corrected chi connectivity index (χ0v) is 21.1. The van der Waals surface area contributed by atoms with E-state index in [1.54, 1.807) is 48.5 Å². The van der Waals surface area contributed by atoms with Crippen LogP contribution in [0, 0.1) is 0 Å². The number of carbonyl (C=O) groups excluding carboxylic acids is 1. The van der Waals surface area contributed by atoms with Crippen molar-refractivity contribution in [3.05, 3.63) is 130 Å². The highest BCUT2D eigenvalue weighted by Crippen LogP contribution is 2.22. The van der Waals surface area contributed by atoms with E-state index >= 15 is 0 Å². The van der Waals surface area contributed by atoms with Gasteiger partial charge in [-0.15, -0.1) is 0 Å². The number of ketones is 1. The predicted molar refractivity (Wildman–Crippen MR) is 145 cm³/mol. The Bertz CT molecular complexity index is 1320. The van der Waals surface area contributed by atoms with Crippen LogP contribution in [0.3, 0.4) is 0 Å². The molecule has 4 aromatic rings. The lowest BCUT2D eigenvalue weighted by Crippen LogP contribution is -2.32. The summed E-state index contributed by atoms with van der Waals surface area (Å²) >= 11 is 3.47. The second-order valence-electron chi connectivity index (χ2n) is 8.35. The van der Waals surface area contributed by atoms with E-state index in [0.717, 1.165) is 22.2 Å². The molecule has 4 rings (SSSR count). The van der Waals surface area contributed by atoms with E-state index < -0.39 is 12.0 Å². The van der Waals surface area contributed by atoms with Gasteiger partial charge in [0.25, 0.3) is 0 Å². The van der Waals surface area contributed by atoms with Crippen LogP contribution in [0.15, 0.2) is 108 Å². The summed E-state index contributed by atoms with van der Waals surface area (Å²) in [7, 11) is 0. The molecule has 0 bridgehead atoms. The van der Waals surface area contributed by atoms with Gasteiger partial charge in [-0.1, -0.05) is 82.7 Å². The van der Waals surface area contributed by atoms with Gasteiger partial charge in [0, 0.05) is 34.1 Å². The summed E-state index contributed by atoms with van der Waals surface area (Å²) in [6, 6.07) is 30.6. The minimum atomic E-state index is -0.994. The van der Waals surface area contributed by atoms with Gasteiger partial charge in [-0.2, -0.15) is 0 Å². The van der Waals surface area contributed by atoms with Crippen molar-refractivity contribution in [1.82, 2.24) is 0 Å². The first-order valence-electron chi connectivity index (χ1n) is 11.6. The third-order valence-corrected chi connectivity index (χ3v) is 6.24. The molecule has 0 radical (unpaired) electrons. The van der Waals surface area contributed by atoms with Crippen LogP contribution in [0.2, 0.25) is 0 Å². The molecule has 0 heterocycles. The lowest BCUT2D eigenvalue weighted by molar-refractivity contribution is -0.137. The van der Waals surface area contributed by atoms with E-state index in [1.807, 2.05) is 42.5 Å². The second kappa shape index (κ2) is 12.2. The molecule has 0 aliphatic carbocycles. The number of ether oxygens (including phenoxy) is 1. The highest BCUT2D eigenvalue weighted by atomic mass is 79.9. The number of halogens is 1. The highest BCUT2D eigenvalue weighted by Gasteiger charge is 2.21. The molecule has 0 aliphatic rings. The van der Waals surface area contributed by atoms with Crippen molar-refractivity contribution in [2.24, 2.45) is 0 Å². The summed E-state index contributed by atoms with van der Waals surface area (Å²) in [4.78, 5) is 25.1. The number of hydrogen-bond donors (Lipinski definition) is 2. The second-order valence-corrected chi connectivity index (χ2v) is 9.27. The topological polar surface area (TPSA) is 75.6 Å². The highest BCUT2D eigenvalue weighted by molar-refractivity contribution is 9.10. The molecule has 36 heavy (non-hydrogen) atoms. The molecule has 2 N–H and O–H groups in total. The molecule has 0 saturated carbocycles. The number of carbonyl (C=O) groups is 2. The molecular weight excluding hydrogens is 518 g/mol. The van der Waals surface area contributed by atoms with Crippen molar-refractivity contribution in [3.63, 3.8) is 0 Å². The summed E-state index contributed by atoms with van der Waals surface area (Å²) < 4.78 is 6.89. The Balaban J connectivity index is 1.39. The third-order valence-electron chi connectivity index (χ3n) is 5.75. The molecular formula is C30H26BrNO4. The molecule has 0 saturated heterocycles. The Morgan fingerprint density at radius 2 is 1.56 bits per heavy atom. The van der Waals surface area contributed by atoms with Gasteiger partial charge >= 0.3 is 5.97 Å². The molecule has 182 valence electrons. The van der Waals surface area contributed by atoms with Crippen LogP contribution in [-0.2, 0) is 17.6 Å². The van der Waals surface area contributed by atoms with Crippen LogP contribution in [0.1, 0.15) is 27.0 Å². The largest absolute Gasteiger partial charge is 0.493 e. The number of para-hydroxylation sites is 1. The quantitative estimate of drug-likeness (QED) is 0.214. The molecule has 6 heteroatoms. The fraction of sp³-hybridized carbons (Fsp3) is 0.133. The standard InChI is InChI=1S/C30H26BrNO4/c31-24-10-6-7-21(19-24)17-18-36-25-15-13-22(14-16-25)20-28(30(34)35)32-27-12-5-4-11-26(27)29(33)23-8-2-1-3-9-23/h1-16,19,28,32H,17-18,20H2,(H,34,35)/t28-/m0/s1. The zero-order chi connectivity index (χ0) is 25.3. The minimum absolute atomic E-state index is 0.160. The molecule has 0 fully saturated rings. The first kappa shape index (κ1) is 25.2. The maximum atomic E-state index is 13.0. The number of nitrogens with one attached hydrogen (secondary N) is 1. The molecule has 0 unspecified atom stereocenters. The summed E-state index contributed by atoms with van der Waals surface area (Å²) in [5, 5.41) is 12.9. The molecule has 5 nitrogen and oxygen atoms in total. The van der Waals surface area contributed by atoms with Crippen molar-refractivity contribution < 1.29 is 19.4 Å². The number of carboxylic acid groups (broad SMARTS) is 1. The first-order chi connectivity index (χ1) is 17.5. The van der Waals surface area contributed by atoms with Crippen LogP contribution in [-0.4, -0.2) is 29.5 Å². The van der Waals surface area contributed by atoms with Crippen LogP contribution < -0.4 is 10.1 Å². The van der Waals surface area contributed by atoms with E-state index in [0.29, 0.717) is 23.4 Å². The number of carboxylic acids is 1. The van der Waals surface area contributed by atoms with Gasteiger partial charge in [0.05, 0.1) is 6.61 Å². The van der Waals surface area contributed by atoms with E-state index in [2.05, 4.69) is 33.4 Å². The van der Waals surface area contributed by atoms with Crippen molar-refractivity contribution in [2.45, 2.75) is 18.9 Å². The summed E-state index contributed by atoms with van der Waals surface area (Å²) in [6.07, 6.45) is 1.04. The van der Waals surface area contributed by atoms with Crippen LogP contribution >= 0.6 is 15.9 Å². The Morgan fingerprint density at radius 3 is 2.28 bits per heavy atom. The number of anilines is 1. The molecule has 0 aliphatic heterocycles. The number of rotatable bonds is 11. The number of benzene rings is 4. The summed E-state index contributed by atoms with van der Waals surface area (Å²) in [6.45, 7) is 0.543. The van der Waals surface area contributed by atoms with Gasteiger partial charge in [0.15, 0.2) is 5.78 Å². The Labute approximate surface area is 218 Å². The van der Waals surface area contributed by atoms with Gasteiger partial charge in [0.1, 0.15) is 11.8 Å². The number of aliphatic carboxylic acids is 1. The van der Waals surface area contributed by atoms with Gasteiger partial charge in [0.2, 0.25) is 0 Å². The Morgan fingerprint density at radius 1 is 0.833 bits per heavy atom. The lowest BCUT2D eigenvalue weighted by atomic mass is 10.00. The maximum Gasteiger partial charge on any atom is 0.326 e. The first-order valence-corrected chi connectivity index (χ1v) is 12.4. The van der Waals surface area contributed by atoms with Gasteiger partial charge in [-0.05, 0) is 47.5 Å². The normalized spacial score (nSPS) is 11.5. The molecule has 0 spiro atoms. The fourth-order valence-corrected chi connectivity index (χ4v) is 4.32. The number of hydrogen-bond acceptors (Lipinski definition) is 4. The smallest absolute Gasteiger partial charge is 0.326 e. The molecule has 1 atom stereocenters. The lowest BCUT2D eigenvalue weighted by Gasteiger charge is -2.18. The third kappa shape index (κ3) is 6.83. The summed E-state index contributed by atoms with van der Waals surface area (Å²) in [5.74, 6) is -0.425. The molecule has 4 aromatic carbocycles. The minimum Gasteiger partial charge on any atom is -0.493 e. The average molecular weight is 544 g/mol. The van der Waals surface area contributed by atoms with Crippen molar-refractivity contribution in [3.8, 4) is 5.75 Å².